The summed E-state index contributed by atoms with van der Waals surface area (Å²) in [7, 11) is 0. The van der Waals surface area contributed by atoms with Crippen LogP contribution in [0, 0.1) is 0 Å². The molecule has 0 aromatic heterocycles. The van der Waals surface area contributed by atoms with Gasteiger partial charge in [-0.1, -0.05) is 23.2 Å². The van der Waals surface area contributed by atoms with Gasteiger partial charge in [0.05, 0.1) is 37.1 Å². The van der Waals surface area contributed by atoms with E-state index in [1.165, 1.54) is 19.1 Å². The van der Waals surface area contributed by atoms with Crippen molar-refractivity contribution in [1.82, 2.24) is 0 Å². The van der Waals surface area contributed by atoms with Crippen LogP contribution in [0.3, 0.4) is 0 Å². The Hall–Kier alpha value is -3.04. The maximum absolute atomic E-state index is 13.0. The van der Waals surface area contributed by atoms with Crippen molar-refractivity contribution in [1.29, 1.82) is 0 Å². The highest BCUT2D eigenvalue weighted by Gasteiger charge is 2.25. The lowest BCUT2D eigenvalue weighted by atomic mass is 10.2. The summed E-state index contributed by atoms with van der Waals surface area (Å²) < 4.78 is 22.3. The van der Waals surface area contributed by atoms with Crippen LogP contribution in [0.2, 0.25) is 10.0 Å². The van der Waals surface area contributed by atoms with Crippen LogP contribution in [0.25, 0.3) is 0 Å². The first-order valence-electron chi connectivity index (χ1n) is 11.2. The number of benzene rings is 2. The van der Waals surface area contributed by atoms with Crippen LogP contribution in [0.5, 0.6) is 23.0 Å². The van der Waals surface area contributed by atoms with Gasteiger partial charge in [0.15, 0.2) is 17.3 Å². The number of rotatable bonds is 13. The first-order valence-corrected chi connectivity index (χ1v) is 11.9. The van der Waals surface area contributed by atoms with Gasteiger partial charge in [0.25, 0.3) is 5.91 Å². The Morgan fingerprint density at radius 1 is 0.857 bits per heavy atom. The molecule has 1 amide bonds. The molecular formula is C24H29Cl2N3O6. The third-order valence-electron chi connectivity index (χ3n) is 4.39. The van der Waals surface area contributed by atoms with E-state index in [0.29, 0.717) is 54.4 Å². The lowest BCUT2D eigenvalue weighted by Gasteiger charge is -2.16. The maximum atomic E-state index is 13.0. The zero-order valence-corrected chi connectivity index (χ0v) is 21.8. The number of azo groups is 1. The number of carbonyl (C=O) groups excluding carboxylic acids is 2. The summed E-state index contributed by atoms with van der Waals surface area (Å²) in [6.07, 6.45) is 0. The Labute approximate surface area is 214 Å². The molecule has 1 atom stereocenters. The molecular weight excluding hydrogens is 497 g/mol. The number of nitrogens with zero attached hydrogens (tertiary/aromatic N) is 2. The SMILES string of the molecule is CCOc1cc(OCC)c(NC(=O)C(N=Nc2cc(Cl)cc(OCC)c2OCC)C(C)=O)cc1Cl. The van der Waals surface area contributed by atoms with Crippen molar-refractivity contribution in [3.8, 4) is 23.0 Å². The molecule has 0 spiro atoms. The van der Waals surface area contributed by atoms with Crippen LogP contribution in [-0.2, 0) is 9.59 Å². The molecule has 0 aliphatic rings. The van der Waals surface area contributed by atoms with Gasteiger partial charge in [-0.25, -0.2) is 0 Å². The second-order valence-electron chi connectivity index (χ2n) is 6.98. The fourth-order valence-corrected chi connectivity index (χ4v) is 3.41. The molecule has 2 aromatic rings. The van der Waals surface area contributed by atoms with E-state index in [0.717, 1.165) is 0 Å². The predicted octanol–water partition coefficient (Wildman–Crippen LogP) is 6.27. The van der Waals surface area contributed by atoms with Crippen molar-refractivity contribution >= 4 is 46.3 Å². The zero-order valence-electron chi connectivity index (χ0n) is 20.3. The summed E-state index contributed by atoms with van der Waals surface area (Å²) in [5.74, 6) is 0.196. The number of anilines is 1. The number of hydrogen-bond donors (Lipinski definition) is 1. The lowest BCUT2D eigenvalue weighted by Crippen LogP contribution is -2.32. The quantitative estimate of drug-likeness (QED) is 0.244. The number of carbonyl (C=O) groups is 2. The van der Waals surface area contributed by atoms with Gasteiger partial charge in [-0.3, -0.25) is 9.59 Å². The Morgan fingerprint density at radius 2 is 1.46 bits per heavy atom. The molecule has 0 heterocycles. The molecule has 0 aliphatic carbocycles. The van der Waals surface area contributed by atoms with E-state index in [9.17, 15) is 9.59 Å². The van der Waals surface area contributed by atoms with Crippen LogP contribution in [0.4, 0.5) is 11.4 Å². The van der Waals surface area contributed by atoms with Gasteiger partial charge in [0, 0.05) is 17.2 Å². The van der Waals surface area contributed by atoms with E-state index in [4.69, 9.17) is 42.1 Å². The highest BCUT2D eigenvalue weighted by Crippen LogP contribution is 2.41. The van der Waals surface area contributed by atoms with Crippen molar-refractivity contribution in [2.75, 3.05) is 31.7 Å². The number of ketones is 1. The van der Waals surface area contributed by atoms with Gasteiger partial charge < -0.3 is 24.3 Å². The molecule has 35 heavy (non-hydrogen) atoms. The standard InChI is InChI=1S/C24H29Cl2N3O6/c1-6-32-19-13-20(33-7-2)17(12-16(19)26)27-24(31)22(14(5)30)29-28-18-10-15(25)11-21(34-8-3)23(18)35-9-4/h10-13,22H,6-9H2,1-5H3,(H,27,31). The van der Waals surface area contributed by atoms with Gasteiger partial charge in [0.1, 0.15) is 17.2 Å². The molecule has 0 aliphatic heterocycles. The molecule has 0 saturated heterocycles. The normalized spacial score (nSPS) is 11.7. The third-order valence-corrected chi connectivity index (χ3v) is 4.91. The average Bonchev–Trinajstić information content (AvgIpc) is 2.79. The molecule has 2 rings (SSSR count). The van der Waals surface area contributed by atoms with E-state index < -0.39 is 17.7 Å². The molecule has 1 N–H and O–H groups in total. The minimum absolute atomic E-state index is 0.223. The van der Waals surface area contributed by atoms with Gasteiger partial charge >= 0.3 is 0 Å². The van der Waals surface area contributed by atoms with Crippen molar-refractivity contribution in [2.24, 2.45) is 10.2 Å². The number of amides is 1. The number of nitrogens with one attached hydrogen (secondary N) is 1. The van der Waals surface area contributed by atoms with E-state index in [-0.39, 0.29) is 16.4 Å². The lowest BCUT2D eigenvalue weighted by molar-refractivity contribution is -0.126. The van der Waals surface area contributed by atoms with Crippen LogP contribution in [-0.4, -0.2) is 44.2 Å². The smallest absolute Gasteiger partial charge is 0.258 e. The molecule has 11 heteroatoms. The van der Waals surface area contributed by atoms with Crippen molar-refractivity contribution < 1.29 is 28.5 Å². The minimum atomic E-state index is -1.45. The van der Waals surface area contributed by atoms with Crippen molar-refractivity contribution in [2.45, 2.75) is 40.7 Å². The van der Waals surface area contributed by atoms with Crippen LogP contribution < -0.4 is 24.3 Å². The third kappa shape index (κ3) is 7.73. The summed E-state index contributed by atoms with van der Waals surface area (Å²) in [6.45, 7) is 9.93. The monoisotopic (exact) mass is 525 g/mol. The topological polar surface area (TPSA) is 108 Å². The molecule has 0 bridgehead atoms. The Morgan fingerprint density at radius 3 is 2.06 bits per heavy atom. The minimum Gasteiger partial charge on any atom is -0.492 e. The summed E-state index contributed by atoms with van der Waals surface area (Å²) in [6, 6.07) is 4.72. The number of hydrogen-bond acceptors (Lipinski definition) is 8. The van der Waals surface area contributed by atoms with Crippen molar-refractivity contribution in [3.05, 3.63) is 34.3 Å². The van der Waals surface area contributed by atoms with E-state index >= 15 is 0 Å². The molecule has 190 valence electrons. The zero-order chi connectivity index (χ0) is 26.0. The van der Waals surface area contributed by atoms with E-state index in [1.807, 2.05) is 13.8 Å². The van der Waals surface area contributed by atoms with Crippen LogP contribution in [0.15, 0.2) is 34.5 Å². The summed E-state index contributed by atoms with van der Waals surface area (Å²) >= 11 is 12.5. The fraction of sp³-hybridized carbons (Fsp3) is 0.417. The Kier molecular flexibility index (Phi) is 11.1. The Balaban J connectivity index is 2.39. The molecule has 0 radical (unpaired) electrons. The number of Topliss-reactive ketones (excluding diaryl/α,β-unsaturated/α-hetero) is 1. The van der Waals surface area contributed by atoms with Gasteiger partial charge in [-0.2, -0.15) is 10.2 Å². The largest absolute Gasteiger partial charge is 0.492 e. The second-order valence-corrected chi connectivity index (χ2v) is 7.82. The number of halogens is 2. The van der Waals surface area contributed by atoms with E-state index in [1.54, 1.807) is 26.0 Å². The van der Waals surface area contributed by atoms with E-state index in [2.05, 4.69) is 15.5 Å². The summed E-state index contributed by atoms with van der Waals surface area (Å²) in [4.78, 5) is 25.3. The second kappa shape index (κ2) is 13.7. The molecule has 0 fully saturated rings. The van der Waals surface area contributed by atoms with Crippen molar-refractivity contribution in [3.63, 3.8) is 0 Å². The molecule has 2 aromatic carbocycles. The highest BCUT2D eigenvalue weighted by atomic mass is 35.5. The average molecular weight is 526 g/mol. The van der Waals surface area contributed by atoms with Crippen LogP contribution in [0.1, 0.15) is 34.6 Å². The maximum Gasteiger partial charge on any atom is 0.258 e. The highest BCUT2D eigenvalue weighted by molar-refractivity contribution is 6.32. The summed E-state index contributed by atoms with van der Waals surface area (Å²) in [5, 5.41) is 11.3. The molecule has 1 unspecified atom stereocenters. The van der Waals surface area contributed by atoms with Gasteiger partial charge in [-0.05, 0) is 46.8 Å². The number of ether oxygens (including phenoxy) is 4. The van der Waals surface area contributed by atoms with Crippen LogP contribution >= 0.6 is 23.2 Å². The van der Waals surface area contributed by atoms with Gasteiger partial charge in [0.2, 0.25) is 6.04 Å². The Bertz CT molecular complexity index is 1080. The van der Waals surface area contributed by atoms with Gasteiger partial charge in [-0.15, -0.1) is 0 Å². The fourth-order valence-electron chi connectivity index (χ4n) is 2.99. The predicted molar refractivity (Wildman–Crippen MR) is 135 cm³/mol. The molecule has 9 nitrogen and oxygen atoms in total. The summed E-state index contributed by atoms with van der Waals surface area (Å²) in [5.41, 5.74) is 0.490. The first kappa shape index (κ1) is 28.2. The first-order chi connectivity index (χ1) is 16.7. The molecule has 0 saturated carbocycles.